The van der Waals surface area contributed by atoms with Crippen molar-refractivity contribution in [3.05, 3.63) is 0 Å². The minimum atomic E-state index is 0. The van der Waals surface area contributed by atoms with Crippen LogP contribution >= 0.6 is 0 Å². The van der Waals surface area contributed by atoms with Gasteiger partial charge < -0.3 is 0 Å². The van der Waals surface area contributed by atoms with E-state index in [-0.39, 0.29) is 110 Å². The van der Waals surface area contributed by atoms with Crippen molar-refractivity contribution in [2.75, 3.05) is 0 Å². The first-order valence-electron chi connectivity index (χ1n) is 0. The summed E-state index contributed by atoms with van der Waals surface area (Å²) in [5.74, 6) is 0. The minimum absolute atomic E-state index is 0. The van der Waals surface area contributed by atoms with Gasteiger partial charge >= 0.3 is 110 Å². The first-order valence-corrected chi connectivity index (χ1v) is 0. The molecule has 0 N–H and O–H groups in total. The predicted octanol–water partition coefficient (Wildman–Crippen LogP) is -4.58. The van der Waals surface area contributed by atoms with Gasteiger partial charge in [0.25, 0.3) is 0 Å². The van der Waals surface area contributed by atoms with Gasteiger partial charge in [-0.15, -0.1) is 0 Å². The third-order valence-electron chi connectivity index (χ3n) is 0. The summed E-state index contributed by atoms with van der Waals surface area (Å²) in [5.41, 5.74) is 0. The molecule has 0 heterocycles. The maximum absolute atomic E-state index is 0. The minimum Gasteiger partial charge on any atom is 5.00 e. The van der Waals surface area contributed by atoms with Crippen LogP contribution in [0.1, 0.15) is 0 Å². The fourth-order valence-electron chi connectivity index (χ4n) is 0. The summed E-state index contributed by atoms with van der Waals surface area (Å²) in [6.45, 7) is 0. The van der Waals surface area contributed by atoms with Crippen LogP contribution in [0.5, 0.6) is 0 Å². The van der Waals surface area contributed by atoms with Crippen LogP contribution in [-0.2, 0) is 22.4 Å². The molecule has 0 saturated carbocycles. The van der Waals surface area contributed by atoms with E-state index < -0.39 is 0 Å². The van der Waals surface area contributed by atoms with Crippen LogP contribution < -0.4 is 0 Å². The van der Waals surface area contributed by atoms with Crippen molar-refractivity contribution >= 4 is 88.0 Å². The van der Waals surface area contributed by atoms with E-state index in [0.29, 0.717) is 0 Å². The maximum atomic E-state index is 0. The molecular formula is H10Ge5Ta. The zero-order chi connectivity index (χ0) is 0. The van der Waals surface area contributed by atoms with E-state index in [2.05, 4.69) is 0 Å². The molecule has 5 radical (unpaired) electrons. The maximum Gasteiger partial charge on any atom is 5.00 e. The van der Waals surface area contributed by atoms with Crippen LogP contribution in [0, 0.1) is 0 Å². The van der Waals surface area contributed by atoms with Crippen LogP contribution in [0.2, 0.25) is 0 Å². The molecule has 0 saturated heterocycles. The molecule has 0 bridgehead atoms. The molecule has 0 spiro atoms. The molecule has 0 amide bonds. The molecular weight excluding hydrogens is 544 g/mol. The van der Waals surface area contributed by atoms with Crippen LogP contribution in [0.3, 0.4) is 0 Å². The van der Waals surface area contributed by atoms with Crippen LogP contribution in [0.15, 0.2) is 0 Å². The second-order valence-electron chi connectivity index (χ2n) is 0. The van der Waals surface area contributed by atoms with Gasteiger partial charge in [-0.2, -0.15) is 0 Å². The molecule has 0 atom stereocenters. The van der Waals surface area contributed by atoms with Crippen molar-refractivity contribution in [2.45, 2.75) is 0 Å². The first-order chi connectivity index (χ1) is 0. The summed E-state index contributed by atoms with van der Waals surface area (Å²) in [7, 11) is 0. The Morgan fingerprint density at radius 1 is 0.333 bits per heavy atom. The Hall–Kier alpha value is 3.45. The summed E-state index contributed by atoms with van der Waals surface area (Å²) in [6.07, 6.45) is 0. The molecule has 0 aromatic heterocycles. The van der Waals surface area contributed by atoms with Gasteiger partial charge in [0.15, 0.2) is 0 Å². The van der Waals surface area contributed by atoms with E-state index >= 15 is 0 Å². The van der Waals surface area contributed by atoms with Crippen LogP contribution in [-0.4, -0.2) is 88.0 Å². The van der Waals surface area contributed by atoms with Gasteiger partial charge in [0.2, 0.25) is 0 Å². The first kappa shape index (κ1) is 56.6. The van der Waals surface area contributed by atoms with E-state index in [9.17, 15) is 0 Å². The number of rotatable bonds is 0. The van der Waals surface area contributed by atoms with E-state index in [1.54, 1.807) is 0 Å². The normalized spacial score (nSPS) is 0. The van der Waals surface area contributed by atoms with Crippen LogP contribution in [0.4, 0.5) is 0 Å². The summed E-state index contributed by atoms with van der Waals surface area (Å²) in [4.78, 5) is 0. The van der Waals surface area contributed by atoms with Gasteiger partial charge in [-0.25, -0.2) is 0 Å². The number of hydrogen-bond donors (Lipinski definition) is 0. The molecule has 0 aliphatic heterocycles. The van der Waals surface area contributed by atoms with E-state index in [0.717, 1.165) is 0 Å². The van der Waals surface area contributed by atoms with E-state index in [4.69, 9.17) is 0 Å². The molecule has 0 aromatic rings. The summed E-state index contributed by atoms with van der Waals surface area (Å²) < 4.78 is 0. The molecule has 0 fully saturated rings. The van der Waals surface area contributed by atoms with Gasteiger partial charge in [0.05, 0.1) is 0 Å². The fraction of sp³-hybridized carbons (Fsp3) is 0. The zero-order valence-corrected chi connectivity index (χ0v) is 22.0. The Morgan fingerprint density at radius 3 is 0.333 bits per heavy atom. The zero-order valence-electron chi connectivity index (χ0n) is 3.98. The summed E-state index contributed by atoms with van der Waals surface area (Å²) >= 11 is 0. The SMILES string of the molecule is [GeH2-].[GeH2-].[GeH2-].[GeH2-].[GeH2-].[Ta+5]. The quantitative estimate of drug-likeness (QED) is 0.265. The summed E-state index contributed by atoms with van der Waals surface area (Å²) in [6, 6.07) is 0. The van der Waals surface area contributed by atoms with Gasteiger partial charge in [-0.1, -0.05) is 0 Å². The van der Waals surface area contributed by atoms with E-state index in [1.807, 2.05) is 0 Å². The third-order valence-corrected chi connectivity index (χ3v) is 0. The summed E-state index contributed by atoms with van der Waals surface area (Å²) in [5, 5.41) is 0. The third kappa shape index (κ3) is 26.0. The topological polar surface area (TPSA) is 0 Å². The molecule has 0 nitrogen and oxygen atoms in total. The van der Waals surface area contributed by atoms with Gasteiger partial charge in [0, 0.05) is 0 Å². The second kappa shape index (κ2) is 39.4. The largest absolute Gasteiger partial charge is 5.00 e. The molecule has 0 unspecified atom stereocenters. The molecule has 0 aromatic carbocycles. The van der Waals surface area contributed by atoms with Crippen molar-refractivity contribution in [3.8, 4) is 0 Å². The smallest absolute Gasteiger partial charge is 5.00 e. The van der Waals surface area contributed by atoms with Crippen molar-refractivity contribution in [1.82, 2.24) is 0 Å². The molecule has 0 aliphatic carbocycles. The van der Waals surface area contributed by atoms with Crippen molar-refractivity contribution in [3.63, 3.8) is 0 Å². The molecule has 6 heteroatoms. The molecule has 35 valence electrons. The molecule has 0 aliphatic rings. The predicted molar refractivity (Wildman–Crippen MR) is 42.7 cm³/mol. The van der Waals surface area contributed by atoms with E-state index in [1.165, 1.54) is 0 Å². The van der Waals surface area contributed by atoms with Crippen molar-refractivity contribution in [2.24, 2.45) is 0 Å². The van der Waals surface area contributed by atoms with Crippen LogP contribution in [0.25, 0.3) is 0 Å². The van der Waals surface area contributed by atoms with Crippen molar-refractivity contribution < 1.29 is 22.4 Å². The Balaban J connectivity index is 0. The average molecular weight is 554 g/mol. The van der Waals surface area contributed by atoms with Gasteiger partial charge in [-0.3, -0.25) is 0 Å². The molecule has 0 rings (SSSR count). The Labute approximate surface area is 108 Å². The Bertz CT molecular complexity index is 3.90. The van der Waals surface area contributed by atoms with Gasteiger partial charge in [-0.05, 0) is 0 Å². The standard InChI is InChI=1S/5GeH2.Ta/h5*1H2;/q5*-1;+5. The second-order valence-corrected chi connectivity index (χ2v) is 0. The Morgan fingerprint density at radius 2 is 0.333 bits per heavy atom. The monoisotopic (exact) mass is 561 g/mol. The fourth-order valence-corrected chi connectivity index (χ4v) is 0. The van der Waals surface area contributed by atoms with Gasteiger partial charge in [0.1, 0.15) is 0 Å². The number of hydrogen-bond acceptors (Lipinski definition) is 0. The van der Waals surface area contributed by atoms with Crippen molar-refractivity contribution in [1.29, 1.82) is 0 Å². The average Bonchev–Trinajstić information content (AvgIpc) is 0. The molecule has 6 heavy (non-hydrogen) atoms. The Kier molecular flexibility index (Phi) is 372.